The van der Waals surface area contributed by atoms with Gasteiger partial charge in [-0.05, 0) is 31.5 Å². The highest BCUT2D eigenvalue weighted by Gasteiger charge is 2.09. The molecule has 0 bridgehead atoms. The predicted molar refractivity (Wildman–Crippen MR) is 74.6 cm³/mol. The molecule has 1 heterocycles. The molecule has 5 heteroatoms. The number of nitrogens with one attached hydrogen (secondary N) is 1. The van der Waals surface area contributed by atoms with E-state index in [2.05, 4.69) is 10.4 Å². The van der Waals surface area contributed by atoms with Gasteiger partial charge in [0, 0.05) is 36.4 Å². The second-order valence-electron chi connectivity index (χ2n) is 4.61. The minimum atomic E-state index is -0.312. The number of halogens is 2. The molecule has 2 rings (SSSR count). The Balaban J connectivity index is 2.00. The molecule has 0 atom stereocenters. The van der Waals surface area contributed by atoms with E-state index < -0.39 is 0 Å². The molecule has 102 valence electrons. The molecular formula is C14H17ClFN3. The quantitative estimate of drug-likeness (QED) is 0.933. The van der Waals surface area contributed by atoms with Gasteiger partial charge in [-0.3, -0.25) is 4.68 Å². The van der Waals surface area contributed by atoms with Crippen molar-refractivity contribution in [2.75, 3.05) is 0 Å². The average molecular weight is 282 g/mol. The molecule has 0 aliphatic rings. The molecule has 0 radical (unpaired) electrons. The van der Waals surface area contributed by atoms with Gasteiger partial charge in [-0.1, -0.05) is 17.7 Å². The van der Waals surface area contributed by atoms with Crippen LogP contribution in [-0.2, 0) is 20.1 Å². The summed E-state index contributed by atoms with van der Waals surface area (Å²) >= 11 is 5.98. The van der Waals surface area contributed by atoms with Crippen LogP contribution in [0.2, 0.25) is 5.02 Å². The van der Waals surface area contributed by atoms with Crippen LogP contribution in [0.15, 0.2) is 18.2 Å². The lowest BCUT2D eigenvalue weighted by Gasteiger charge is -2.07. The van der Waals surface area contributed by atoms with Crippen LogP contribution in [0.4, 0.5) is 4.39 Å². The number of rotatable bonds is 4. The fraction of sp³-hybridized carbons (Fsp3) is 0.357. The first-order valence-electron chi connectivity index (χ1n) is 6.12. The largest absolute Gasteiger partial charge is 0.308 e. The summed E-state index contributed by atoms with van der Waals surface area (Å²) in [6.45, 7) is 5.36. The van der Waals surface area contributed by atoms with E-state index in [1.807, 2.05) is 25.6 Å². The Bertz CT molecular complexity index is 593. The van der Waals surface area contributed by atoms with Crippen molar-refractivity contribution < 1.29 is 4.39 Å². The van der Waals surface area contributed by atoms with Gasteiger partial charge in [0.2, 0.25) is 0 Å². The Hall–Kier alpha value is -1.39. The first-order chi connectivity index (χ1) is 8.99. The van der Waals surface area contributed by atoms with Gasteiger partial charge < -0.3 is 5.32 Å². The zero-order valence-corrected chi connectivity index (χ0v) is 12.1. The normalized spacial score (nSPS) is 11.0. The second kappa shape index (κ2) is 5.72. The summed E-state index contributed by atoms with van der Waals surface area (Å²) in [5.74, 6) is -0.312. The Morgan fingerprint density at radius 1 is 1.32 bits per heavy atom. The highest BCUT2D eigenvalue weighted by Crippen LogP contribution is 2.17. The highest BCUT2D eigenvalue weighted by atomic mass is 35.5. The fourth-order valence-corrected chi connectivity index (χ4v) is 2.29. The smallest absolute Gasteiger partial charge is 0.124 e. The molecule has 1 N–H and O–H groups in total. The van der Waals surface area contributed by atoms with Crippen LogP contribution >= 0.6 is 11.6 Å². The van der Waals surface area contributed by atoms with Gasteiger partial charge in [0.05, 0.1) is 5.69 Å². The topological polar surface area (TPSA) is 29.9 Å². The van der Waals surface area contributed by atoms with Crippen molar-refractivity contribution in [1.29, 1.82) is 0 Å². The van der Waals surface area contributed by atoms with Gasteiger partial charge in [0.1, 0.15) is 5.82 Å². The van der Waals surface area contributed by atoms with Crippen LogP contribution in [-0.4, -0.2) is 9.78 Å². The number of nitrogens with zero attached hydrogens (tertiary/aromatic N) is 2. The maximum absolute atomic E-state index is 12.9. The summed E-state index contributed by atoms with van der Waals surface area (Å²) in [6, 6.07) is 4.45. The number of aryl methyl sites for hydroxylation is 2. The van der Waals surface area contributed by atoms with E-state index in [-0.39, 0.29) is 5.82 Å². The number of aromatic nitrogens is 2. The standard InChI is InChI=1S/C14H17ClFN3/c1-9-13(10(2)19(3)18-9)8-17-7-11-4-5-12(16)6-14(11)15/h4-6,17H,7-8H2,1-3H3. The van der Waals surface area contributed by atoms with Gasteiger partial charge in [-0.2, -0.15) is 5.10 Å². The fourth-order valence-electron chi connectivity index (χ4n) is 2.06. The van der Waals surface area contributed by atoms with E-state index in [4.69, 9.17) is 11.6 Å². The molecule has 1 aromatic carbocycles. The monoisotopic (exact) mass is 281 g/mol. The molecule has 0 unspecified atom stereocenters. The molecule has 19 heavy (non-hydrogen) atoms. The van der Waals surface area contributed by atoms with Crippen molar-refractivity contribution in [3.05, 3.63) is 51.6 Å². The number of benzene rings is 1. The van der Waals surface area contributed by atoms with Crippen molar-refractivity contribution in [3.63, 3.8) is 0 Å². The van der Waals surface area contributed by atoms with Crippen LogP contribution < -0.4 is 5.32 Å². The summed E-state index contributed by atoms with van der Waals surface area (Å²) in [5, 5.41) is 8.13. The molecule has 3 nitrogen and oxygen atoms in total. The maximum atomic E-state index is 12.9. The average Bonchev–Trinajstić information content (AvgIpc) is 2.58. The molecule has 0 aliphatic heterocycles. The third-order valence-electron chi connectivity index (χ3n) is 3.29. The van der Waals surface area contributed by atoms with Gasteiger partial charge >= 0.3 is 0 Å². The molecule has 0 fully saturated rings. The molecule has 0 aliphatic carbocycles. The third-order valence-corrected chi connectivity index (χ3v) is 3.64. The first-order valence-corrected chi connectivity index (χ1v) is 6.50. The number of hydrogen-bond donors (Lipinski definition) is 1. The first kappa shape index (κ1) is 14.0. The molecule has 2 aromatic rings. The second-order valence-corrected chi connectivity index (χ2v) is 5.02. The summed E-state index contributed by atoms with van der Waals surface area (Å²) in [4.78, 5) is 0. The molecular weight excluding hydrogens is 265 g/mol. The van der Waals surface area contributed by atoms with Gasteiger partial charge in [-0.25, -0.2) is 4.39 Å². The van der Waals surface area contributed by atoms with Crippen LogP contribution in [0.1, 0.15) is 22.5 Å². The van der Waals surface area contributed by atoms with E-state index in [0.29, 0.717) is 11.6 Å². The third kappa shape index (κ3) is 3.14. The van der Waals surface area contributed by atoms with Crippen molar-refractivity contribution in [2.45, 2.75) is 26.9 Å². The molecule has 0 saturated carbocycles. The van der Waals surface area contributed by atoms with E-state index in [9.17, 15) is 4.39 Å². The Morgan fingerprint density at radius 2 is 2.05 bits per heavy atom. The SMILES string of the molecule is Cc1nn(C)c(C)c1CNCc1ccc(F)cc1Cl. The molecule has 1 aromatic heterocycles. The van der Waals surface area contributed by atoms with Gasteiger partial charge in [0.25, 0.3) is 0 Å². The minimum absolute atomic E-state index is 0.312. The lowest BCUT2D eigenvalue weighted by atomic mass is 10.2. The van der Waals surface area contributed by atoms with Crippen LogP contribution in [0, 0.1) is 19.7 Å². The van der Waals surface area contributed by atoms with Gasteiger partial charge in [-0.15, -0.1) is 0 Å². The number of hydrogen-bond acceptors (Lipinski definition) is 2. The van der Waals surface area contributed by atoms with E-state index in [1.165, 1.54) is 17.7 Å². The van der Waals surface area contributed by atoms with Crippen molar-refractivity contribution in [1.82, 2.24) is 15.1 Å². The summed E-state index contributed by atoms with van der Waals surface area (Å²) in [7, 11) is 1.93. The molecule has 0 amide bonds. The summed E-state index contributed by atoms with van der Waals surface area (Å²) in [6.07, 6.45) is 0. The molecule has 0 saturated heterocycles. The van der Waals surface area contributed by atoms with E-state index >= 15 is 0 Å². The lowest BCUT2D eigenvalue weighted by molar-refractivity contribution is 0.625. The van der Waals surface area contributed by atoms with Crippen molar-refractivity contribution >= 4 is 11.6 Å². The summed E-state index contributed by atoms with van der Waals surface area (Å²) < 4.78 is 14.8. The maximum Gasteiger partial charge on any atom is 0.124 e. The zero-order valence-electron chi connectivity index (χ0n) is 11.3. The lowest BCUT2D eigenvalue weighted by Crippen LogP contribution is -2.14. The van der Waals surface area contributed by atoms with Crippen LogP contribution in [0.5, 0.6) is 0 Å². The molecule has 0 spiro atoms. The van der Waals surface area contributed by atoms with E-state index in [1.54, 1.807) is 6.07 Å². The van der Waals surface area contributed by atoms with Crippen molar-refractivity contribution in [3.8, 4) is 0 Å². The zero-order chi connectivity index (χ0) is 14.0. The van der Waals surface area contributed by atoms with Crippen LogP contribution in [0.25, 0.3) is 0 Å². The Kier molecular flexibility index (Phi) is 4.22. The van der Waals surface area contributed by atoms with Crippen molar-refractivity contribution in [2.24, 2.45) is 7.05 Å². The summed E-state index contributed by atoms with van der Waals surface area (Å²) in [5.41, 5.74) is 4.26. The minimum Gasteiger partial charge on any atom is -0.308 e. The predicted octanol–water partition coefficient (Wildman–Crippen LogP) is 3.12. The highest BCUT2D eigenvalue weighted by molar-refractivity contribution is 6.31. The Morgan fingerprint density at radius 3 is 2.63 bits per heavy atom. The van der Waals surface area contributed by atoms with E-state index in [0.717, 1.165) is 23.5 Å². The van der Waals surface area contributed by atoms with Crippen LogP contribution in [0.3, 0.4) is 0 Å². The van der Waals surface area contributed by atoms with Gasteiger partial charge in [0.15, 0.2) is 0 Å². The Labute approximate surface area is 117 Å².